The fourth-order valence-corrected chi connectivity index (χ4v) is 2.39. The van der Waals surface area contributed by atoms with Gasteiger partial charge in [0.15, 0.2) is 0 Å². The molecule has 2 rings (SSSR count). The Kier molecular flexibility index (Phi) is 3.64. The van der Waals surface area contributed by atoms with Gasteiger partial charge < -0.3 is 15.5 Å². The van der Waals surface area contributed by atoms with Crippen LogP contribution in [0.5, 0.6) is 5.75 Å². The number of carboxylic acid groups (broad SMARTS) is 1. The van der Waals surface area contributed by atoms with E-state index in [1.807, 2.05) is 0 Å². The summed E-state index contributed by atoms with van der Waals surface area (Å²) >= 11 is 0. The normalized spacial score (nSPS) is 22.0. The Balaban J connectivity index is 2.21. The van der Waals surface area contributed by atoms with Gasteiger partial charge in [0.25, 0.3) is 0 Å². The molecule has 17 heavy (non-hydrogen) atoms. The monoisotopic (exact) mass is 235 g/mol. The molecule has 0 radical (unpaired) electrons. The Labute approximate surface area is 100 Å². The minimum atomic E-state index is -0.810. The van der Waals surface area contributed by atoms with Gasteiger partial charge in [0, 0.05) is 6.04 Å². The third kappa shape index (κ3) is 2.77. The van der Waals surface area contributed by atoms with Crippen molar-refractivity contribution in [2.75, 3.05) is 6.54 Å². The standard InChI is InChI=1S/C13H17NO3/c15-10-6-4-9(5-7-10)12(13(16)17)11-3-1-2-8-14-11/h4-7,11-12,14-15H,1-3,8H2,(H,16,17). The zero-order valence-corrected chi connectivity index (χ0v) is 9.60. The SMILES string of the molecule is O=C(O)C(c1ccc(O)cc1)C1CCCCN1. The molecular weight excluding hydrogens is 218 g/mol. The fraction of sp³-hybridized carbons (Fsp3) is 0.462. The predicted molar refractivity (Wildman–Crippen MR) is 64.1 cm³/mol. The average Bonchev–Trinajstić information content (AvgIpc) is 2.33. The molecular formula is C13H17NO3. The smallest absolute Gasteiger partial charge is 0.312 e. The molecule has 1 saturated heterocycles. The highest BCUT2D eigenvalue weighted by Crippen LogP contribution is 2.26. The number of rotatable bonds is 3. The average molecular weight is 235 g/mol. The van der Waals surface area contributed by atoms with Crippen molar-refractivity contribution in [1.29, 1.82) is 0 Å². The van der Waals surface area contributed by atoms with Gasteiger partial charge in [-0.2, -0.15) is 0 Å². The molecule has 0 spiro atoms. The molecule has 4 heteroatoms. The molecule has 1 heterocycles. The van der Waals surface area contributed by atoms with Crippen molar-refractivity contribution in [1.82, 2.24) is 5.32 Å². The molecule has 92 valence electrons. The first-order valence-corrected chi connectivity index (χ1v) is 5.93. The Bertz CT molecular complexity index is 382. The quantitative estimate of drug-likeness (QED) is 0.746. The molecule has 0 amide bonds. The van der Waals surface area contributed by atoms with Crippen LogP contribution in [0.15, 0.2) is 24.3 Å². The molecule has 0 aromatic heterocycles. The third-order valence-electron chi connectivity index (χ3n) is 3.27. The van der Waals surface area contributed by atoms with E-state index in [0.29, 0.717) is 0 Å². The molecule has 4 nitrogen and oxygen atoms in total. The lowest BCUT2D eigenvalue weighted by Gasteiger charge is -2.29. The molecule has 1 aromatic carbocycles. The highest BCUT2D eigenvalue weighted by molar-refractivity contribution is 5.77. The van der Waals surface area contributed by atoms with Crippen molar-refractivity contribution in [3.8, 4) is 5.75 Å². The molecule has 2 unspecified atom stereocenters. The number of aromatic hydroxyl groups is 1. The van der Waals surface area contributed by atoms with Gasteiger partial charge in [-0.1, -0.05) is 18.6 Å². The summed E-state index contributed by atoms with van der Waals surface area (Å²) in [6.07, 6.45) is 3.07. The van der Waals surface area contributed by atoms with Crippen molar-refractivity contribution in [3.05, 3.63) is 29.8 Å². The Morgan fingerprint density at radius 3 is 2.53 bits per heavy atom. The highest BCUT2D eigenvalue weighted by atomic mass is 16.4. The number of piperidine rings is 1. The summed E-state index contributed by atoms with van der Waals surface area (Å²) in [6, 6.07) is 6.43. The first-order valence-electron chi connectivity index (χ1n) is 5.93. The third-order valence-corrected chi connectivity index (χ3v) is 3.27. The van der Waals surface area contributed by atoms with Gasteiger partial charge in [0.1, 0.15) is 5.75 Å². The summed E-state index contributed by atoms with van der Waals surface area (Å²) in [7, 11) is 0. The summed E-state index contributed by atoms with van der Waals surface area (Å²) in [5.41, 5.74) is 0.745. The maximum Gasteiger partial charge on any atom is 0.312 e. The number of phenols is 1. The second-order valence-corrected chi connectivity index (χ2v) is 4.46. The van der Waals surface area contributed by atoms with Gasteiger partial charge in [-0.15, -0.1) is 0 Å². The zero-order valence-electron chi connectivity index (χ0n) is 9.60. The van der Waals surface area contributed by atoms with E-state index < -0.39 is 11.9 Å². The van der Waals surface area contributed by atoms with E-state index in [2.05, 4.69) is 5.32 Å². The van der Waals surface area contributed by atoms with Crippen LogP contribution in [0.1, 0.15) is 30.7 Å². The van der Waals surface area contributed by atoms with Crippen LogP contribution in [0.25, 0.3) is 0 Å². The topological polar surface area (TPSA) is 69.6 Å². The van der Waals surface area contributed by atoms with Gasteiger partial charge in [0.05, 0.1) is 5.92 Å². The van der Waals surface area contributed by atoms with Gasteiger partial charge in [-0.3, -0.25) is 4.79 Å². The molecule has 0 bridgehead atoms. The number of carboxylic acids is 1. The number of benzene rings is 1. The second-order valence-electron chi connectivity index (χ2n) is 4.46. The Morgan fingerprint density at radius 2 is 2.00 bits per heavy atom. The van der Waals surface area contributed by atoms with Crippen molar-refractivity contribution in [3.63, 3.8) is 0 Å². The lowest BCUT2D eigenvalue weighted by molar-refractivity contribution is -0.139. The molecule has 2 atom stereocenters. The summed E-state index contributed by atoms with van der Waals surface area (Å²) in [4.78, 5) is 11.4. The molecule has 3 N–H and O–H groups in total. The number of hydrogen-bond acceptors (Lipinski definition) is 3. The fourth-order valence-electron chi connectivity index (χ4n) is 2.39. The molecule has 1 fully saturated rings. The number of hydrogen-bond donors (Lipinski definition) is 3. The first kappa shape index (κ1) is 11.9. The lowest BCUT2D eigenvalue weighted by Crippen LogP contribution is -2.41. The molecule has 0 saturated carbocycles. The van der Waals surface area contributed by atoms with Crippen LogP contribution in [0.4, 0.5) is 0 Å². The number of carbonyl (C=O) groups is 1. The minimum Gasteiger partial charge on any atom is -0.508 e. The van der Waals surface area contributed by atoms with Gasteiger partial charge in [-0.25, -0.2) is 0 Å². The van der Waals surface area contributed by atoms with Crippen LogP contribution >= 0.6 is 0 Å². The summed E-state index contributed by atoms with van der Waals surface area (Å²) in [5, 5.41) is 21.8. The van der Waals surface area contributed by atoms with Crippen LogP contribution in [0.3, 0.4) is 0 Å². The van der Waals surface area contributed by atoms with Crippen LogP contribution in [-0.2, 0) is 4.79 Å². The van der Waals surface area contributed by atoms with Crippen LogP contribution in [0.2, 0.25) is 0 Å². The zero-order chi connectivity index (χ0) is 12.3. The summed E-state index contributed by atoms with van der Waals surface area (Å²) < 4.78 is 0. The summed E-state index contributed by atoms with van der Waals surface area (Å²) in [6.45, 7) is 0.881. The number of phenolic OH excluding ortho intramolecular Hbond substituents is 1. The van der Waals surface area contributed by atoms with Crippen LogP contribution in [0, 0.1) is 0 Å². The van der Waals surface area contributed by atoms with Crippen molar-refractivity contribution in [2.24, 2.45) is 0 Å². The van der Waals surface area contributed by atoms with Crippen molar-refractivity contribution >= 4 is 5.97 Å². The second kappa shape index (κ2) is 5.19. The van der Waals surface area contributed by atoms with E-state index in [0.717, 1.165) is 31.4 Å². The predicted octanol–water partition coefficient (Wildman–Crippen LogP) is 1.70. The number of aliphatic carboxylic acids is 1. The van der Waals surface area contributed by atoms with Gasteiger partial charge >= 0.3 is 5.97 Å². The highest BCUT2D eigenvalue weighted by Gasteiger charge is 2.30. The van der Waals surface area contributed by atoms with E-state index in [9.17, 15) is 15.0 Å². The van der Waals surface area contributed by atoms with Crippen molar-refractivity contribution in [2.45, 2.75) is 31.2 Å². The maximum atomic E-state index is 11.4. The van der Waals surface area contributed by atoms with Gasteiger partial charge in [-0.05, 0) is 37.1 Å². The largest absolute Gasteiger partial charge is 0.508 e. The van der Waals surface area contributed by atoms with Gasteiger partial charge in [0.2, 0.25) is 0 Å². The van der Waals surface area contributed by atoms with E-state index in [1.54, 1.807) is 12.1 Å². The molecule has 1 aliphatic rings. The van der Waals surface area contributed by atoms with E-state index in [1.165, 1.54) is 12.1 Å². The van der Waals surface area contributed by atoms with Crippen LogP contribution < -0.4 is 5.32 Å². The Morgan fingerprint density at radius 1 is 1.29 bits per heavy atom. The van der Waals surface area contributed by atoms with E-state index in [-0.39, 0.29) is 11.8 Å². The first-order chi connectivity index (χ1) is 8.18. The molecule has 0 aliphatic carbocycles. The maximum absolute atomic E-state index is 11.4. The lowest BCUT2D eigenvalue weighted by atomic mass is 9.86. The van der Waals surface area contributed by atoms with E-state index >= 15 is 0 Å². The van der Waals surface area contributed by atoms with Crippen LogP contribution in [-0.4, -0.2) is 28.8 Å². The van der Waals surface area contributed by atoms with E-state index in [4.69, 9.17) is 0 Å². The minimum absolute atomic E-state index is 0.00853. The molecule has 1 aromatic rings. The molecule has 1 aliphatic heterocycles. The Hall–Kier alpha value is -1.55. The van der Waals surface area contributed by atoms with Crippen molar-refractivity contribution < 1.29 is 15.0 Å². The summed E-state index contributed by atoms with van der Waals surface area (Å²) in [5.74, 6) is -1.18. The number of nitrogens with one attached hydrogen (secondary N) is 1.